The summed E-state index contributed by atoms with van der Waals surface area (Å²) in [5.41, 5.74) is 0.932. The van der Waals surface area contributed by atoms with E-state index in [9.17, 15) is 4.39 Å². The van der Waals surface area contributed by atoms with Crippen molar-refractivity contribution in [3.8, 4) is 0 Å². The summed E-state index contributed by atoms with van der Waals surface area (Å²) in [5, 5.41) is 3.17. The Morgan fingerprint density at radius 2 is 2.27 bits per heavy atom. The molecule has 0 saturated heterocycles. The molecule has 2 N–H and O–H groups in total. The van der Waals surface area contributed by atoms with Crippen molar-refractivity contribution in [2.24, 2.45) is 0 Å². The summed E-state index contributed by atoms with van der Waals surface area (Å²) >= 11 is 0. The monoisotopic (exact) mass is 205 g/mol. The topological polar surface area (TPSA) is 40.7 Å². The van der Waals surface area contributed by atoms with E-state index in [1.165, 1.54) is 12.1 Å². The highest BCUT2D eigenvalue weighted by Crippen LogP contribution is 2.02. The predicted molar refractivity (Wildman–Crippen MR) is 55.5 cm³/mol. The summed E-state index contributed by atoms with van der Waals surface area (Å²) in [7, 11) is 0. The normalized spacial score (nSPS) is 10.5. The van der Waals surface area contributed by atoms with Crippen molar-refractivity contribution in [3.63, 3.8) is 0 Å². The Hall–Kier alpha value is -1.68. The molecule has 4 heteroatoms. The number of aromatic amines is 1. The Morgan fingerprint density at radius 1 is 1.33 bits per heavy atom. The van der Waals surface area contributed by atoms with Gasteiger partial charge in [0.25, 0.3) is 0 Å². The molecule has 1 aromatic carbocycles. The third kappa shape index (κ3) is 2.89. The zero-order valence-electron chi connectivity index (χ0n) is 8.20. The lowest BCUT2D eigenvalue weighted by molar-refractivity contribution is 0.618. The number of hydrogen-bond acceptors (Lipinski definition) is 2. The number of nitrogens with one attached hydrogen (secondary N) is 2. The Labute approximate surface area is 87.4 Å². The number of hydrogen-bond donors (Lipinski definition) is 2. The molecule has 2 aromatic rings. The van der Waals surface area contributed by atoms with Crippen molar-refractivity contribution in [2.45, 2.75) is 13.1 Å². The molecule has 0 aliphatic heterocycles. The number of imidazole rings is 1. The lowest BCUT2D eigenvalue weighted by Gasteiger charge is -2.02. The number of halogens is 1. The second kappa shape index (κ2) is 4.70. The molecule has 0 radical (unpaired) electrons. The molecule has 0 bridgehead atoms. The van der Waals surface area contributed by atoms with Crippen LogP contribution in [0.3, 0.4) is 0 Å². The molecule has 15 heavy (non-hydrogen) atoms. The van der Waals surface area contributed by atoms with E-state index in [4.69, 9.17) is 0 Å². The molecule has 3 nitrogen and oxygen atoms in total. The quantitative estimate of drug-likeness (QED) is 0.799. The summed E-state index contributed by atoms with van der Waals surface area (Å²) in [4.78, 5) is 7.06. The van der Waals surface area contributed by atoms with Gasteiger partial charge in [0.15, 0.2) is 0 Å². The summed E-state index contributed by atoms with van der Waals surface area (Å²) in [6.07, 6.45) is 3.48. The van der Waals surface area contributed by atoms with Gasteiger partial charge < -0.3 is 10.3 Å². The molecule has 0 fully saturated rings. The second-order valence-corrected chi connectivity index (χ2v) is 3.27. The molecule has 1 heterocycles. The maximum absolute atomic E-state index is 12.8. The Kier molecular flexibility index (Phi) is 3.09. The van der Waals surface area contributed by atoms with Crippen LogP contribution in [0.4, 0.5) is 4.39 Å². The first-order valence-electron chi connectivity index (χ1n) is 4.78. The second-order valence-electron chi connectivity index (χ2n) is 3.27. The lowest BCUT2D eigenvalue weighted by Crippen LogP contribution is -2.13. The summed E-state index contributed by atoms with van der Waals surface area (Å²) in [6.45, 7) is 1.29. The summed E-state index contributed by atoms with van der Waals surface area (Å²) < 4.78 is 12.8. The molecule has 78 valence electrons. The molecule has 0 aliphatic rings. The summed E-state index contributed by atoms with van der Waals surface area (Å²) in [6, 6.07) is 6.56. The Bertz CT molecular complexity index is 412. The number of rotatable bonds is 4. The molecule has 0 aliphatic carbocycles. The number of aromatic nitrogens is 2. The van der Waals surface area contributed by atoms with Crippen molar-refractivity contribution in [3.05, 3.63) is 53.9 Å². The van der Waals surface area contributed by atoms with Gasteiger partial charge in [0, 0.05) is 18.9 Å². The van der Waals surface area contributed by atoms with Gasteiger partial charge in [0.05, 0.1) is 6.54 Å². The van der Waals surface area contributed by atoms with E-state index in [-0.39, 0.29) is 5.82 Å². The third-order valence-electron chi connectivity index (χ3n) is 2.07. The zero-order valence-corrected chi connectivity index (χ0v) is 8.20. The van der Waals surface area contributed by atoms with E-state index in [0.29, 0.717) is 13.1 Å². The molecule has 1 aromatic heterocycles. The molecule has 0 saturated carbocycles. The van der Waals surface area contributed by atoms with Crippen LogP contribution >= 0.6 is 0 Å². The molecule has 0 atom stereocenters. The fourth-order valence-corrected chi connectivity index (χ4v) is 1.37. The van der Waals surface area contributed by atoms with Gasteiger partial charge in [0.2, 0.25) is 0 Å². The molecule has 0 amide bonds. The molecular formula is C11H12FN3. The van der Waals surface area contributed by atoms with E-state index in [0.717, 1.165) is 11.4 Å². The Morgan fingerprint density at radius 3 is 3.00 bits per heavy atom. The van der Waals surface area contributed by atoms with Crippen LogP contribution in [0.5, 0.6) is 0 Å². The molecule has 2 rings (SSSR count). The van der Waals surface area contributed by atoms with E-state index in [1.54, 1.807) is 18.5 Å². The first-order chi connectivity index (χ1) is 7.34. The number of nitrogens with zero attached hydrogens (tertiary/aromatic N) is 1. The zero-order chi connectivity index (χ0) is 10.5. The van der Waals surface area contributed by atoms with Crippen LogP contribution in [0.2, 0.25) is 0 Å². The van der Waals surface area contributed by atoms with Gasteiger partial charge in [-0.25, -0.2) is 9.37 Å². The molecule has 0 unspecified atom stereocenters. The van der Waals surface area contributed by atoms with E-state index >= 15 is 0 Å². The summed E-state index contributed by atoms with van der Waals surface area (Å²) in [5.74, 6) is 0.679. The highest BCUT2D eigenvalue weighted by molar-refractivity contribution is 5.15. The van der Waals surface area contributed by atoms with Crippen LogP contribution < -0.4 is 5.32 Å². The van der Waals surface area contributed by atoms with Crippen LogP contribution in [0.15, 0.2) is 36.7 Å². The van der Waals surface area contributed by atoms with E-state index in [2.05, 4.69) is 15.3 Å². The van der Waals surface area contributed by atoms with Crippen LogP contribution in [-0.2, 0) is 13.1 Å². The van der Waals surface area contributed by atoms with Gasteiger partial charge in [-0.3, -0.25) is 0 Å². The lowest BCUT2D eigenvalue weighted by atomic mass is 10.2. The minimum absolute atomic E-state index is 0.202. The number of benzene rings is 1. The van der Waals surface area contributed by atoms with Crippen molar-refractivity contribution < 1.29 is 4.39 Å². The van der Waals surface area contributed by atoms with E-state index in [1.807, 2.05) is 6.07 Å². The van der Waals surface area contributed by atoms with Crippen LogP contribution in [0, 0.1) is 5.82 Å². The van der Waals surface area contributed by atoms with Gasteiger partial charge in [-0.2, -0.15) is 0 Å². The number of H-pyrrole nitrogens is 1. The molecule has 0 spiro atoms. The van der Waals surface area contributed by atoms with Gasteiger partial charge in [-0.1, -0.05) is 12.1 Å². The SMILES string of the molecule is Fc1cccc(CNCc2ncc[nH]2)c1. The predicted octanol–water partition coefficient (Wildman–Crippen LogP) is 1.84. The van der Waals surface area contributed by atoms with Crippen molar-refractivity contribution >= 4 is 0 Å². The van der Waals surface area contributed by atoms with Crippen LogP contribution in [0.25, 0.3) is 0 Å². The fourth-order valence-electron chi connectivity index (χ4n) is 1.37. The first kappa shape index (κ1) is 9.86. The highest BCUT2D eigenvalue weighted by Gasteiger charge is 1.96. The van der Waals surface area contributed by atoms with Crippen molar-refractivity contribution in [2.75, 3.05) is 0 Å². The standard InChI is InChI=1S/C11H12FN3/c12-10-3-1-2-9(6-10)7-13-8-11-14-4-5-15-11/h1-6,13H,7-8H2,(H,14,15). The van der Waals surface area contributed by atoms with Gasteiger partial charge in [0.1, 0.15) is 11.6 Å². The van der Waals surface area contributed by atoms with Crippen LogP contribution in [0.1, 0.15) is 11.4 Å². The first-order valence-corrected chi connectivity index (χ1v) is 4.78. The van der Waals surface area contributed by atoms with E-state index < -0.39 is 0 Å². The average Bonchev–Trinajstić information content (AvgIpc) is 2.71. The Balaban J connectivity index is 1.83. The maximum Gasteiger partial charge on any atom is 0.123 e. The fraction of sp³-hybridized carbons (Fsp3) is 0.182. The highest BCUT2D eigenvalue weighted by atomic mass is 19.1. The largest absolute Gasteiger partial charge is 0.348 e. The smallest absolute Gasteiger partial charge is 0.123 e. The third-order valence-corrected chi connectivity index (χ3v) is 2.07. The van der Waals surface area contributed by atoms with Crippen molar-refractivity contribution in [1.82, 2.24) is 15.3 Å². The minimum atomic E-state index is -0.202. The minimum Gasteiger partial charge on any atom is -0.348 e. The van der Waals surface area contributed by atoms with Gasteiger partial charge in [-0.05, 0) is 17.7 Å². The molecular weight excluding hydrogens is 193 g/mol. The maximum atomic E-state index is 12.8. The van der Waals surface area contributed by atoms with Crippen LogP contribution in [-0.4, -0.2) is 9.97 Å². The van der Waals surface area contributed by atoms with Gasteiger partial charge in [-0.15, -0.1) is 0 Å². The van der Waals surface area contributed by atoms with Gasteiger partial charge >= 0.3 is 0 Å². The average molecular weight is 205 g/mol. The van der Waals surface area contributed by atoms with Crippen molar-refractivity contribution in [1.29, 1.82) is 0 Å².